The first-order valence-corrected chi connectivity index (χ1v) is 7.64. The normalized spacial score (nSPS) is 11.3. The van der Waals surface area contributed by atoms with Gasteiger partial charge in [-0.15, -0.1) is 11.3 Å². The molecule has 0 spiro atoms. The van der Waals surface area contributed by atoms with Crippen LogP contribution in [-0.4, -0.2) is 19.9 Å². The average Bonchev–Trinajstić information content (AvgIpc) is 2.87. The third-order valence-electron chi connectivity index (χ3n) is 3.57. The molecule has 23 heavy (non-hydrogen) atoms. The lowest BCUT2D eigenvalue weighted by Gasteiger charge is -2.03. The number of fused-ring (bicyclic) bond motifs is 3. The predicted octanol–water partition coefficient (Wildman–Crippen LogP) is 1.78. The van der Waals surface area contributed by atoms with Crippen LogP contribution in [0.15, 0.2) is 33.9 Å². The van der Waals surface area contributed by atoms with Gasteiger partial charge in [0.15, 0.2) is 5.82 Å². The summed E-state index contributed by atoms with van der Waals surface area (Å²) in [6, 6.07) is 7.26. The molecule has 0 aliphatic carbocycles. The highest BCUT2D eigenvalue weighted by Crippen LogP contribution is 2.31. The molecule has 0 saturated heterocycles. The van der Waals surface area contributed by atoms with Crippen molar-refractivity contribution in [2.24, 2.45) is 0 Å². The van der Waals surface area contributed by atoms with Gasteiger partial charge in [-0.3, -0.25) is 9.78 Å². The number of benzene rings is 1. The number of aromatic amines is 2. The van der Waals surface area contributed by atoms with Crippen LogP contribution in [-0.2, 0) is 0 Å². The molecular formula is C15H11N5O2S. The van der Waals surface area contributed by atoms with E-state index in [1.54, 1.807) is 12.1 Å². The zero-order chi connectivity index (χ0) is 16.1. The molecule has 1 aromatic carbocycles. The summed E-state index contributed by atoms with van der Waals surface area (Å²) in [4.78, 5) is 38.1. The summed E-state index contributed by atoms with van der Waals surface area (Å²) in [6.45, 7) is 1.83. The molecular weight excluding hydrogens is 314 g/mol. The Bertz CT molecular complexity index is 1170. The summed E-state index contributed by atoms with van der Waals surface area (Å²) in [5.41, 5.74) is 7.43. The van der Waals surface area contributed by atoms with E-state index < -0.39 is 11.2 Å². The molecule has 114 valence electrons. The van der Waals surface area contributed by atoms with Gasteiger partial charge in [0.05, 0.1) is 16.6 Å². The Morgan fingerprint density at radius 3 is 2.57 bits per heavy atom. The zero-order valence-electron chi connectivity index (χ0n) is 12.0. The minimum atomic E-state index is -0.538. The molecule has 3 aromatic heterocycles. The largest absolute Gasteiger partial charge is 0.399 e. The fourth-order valence-corrected chi connectivity index (χ4v) is 3.59. The summed E-state index contributed by atoms with van der Waals surface area (Å²) in [7, 11) is 0. The molecule has 0 fully saturated rings. The lowest BCUT2D eigenvalue weighted by molar-refractivity contribution is 1.09. The minimum Gasteiger partial charge on any atom is -0.399 e. The van der Waals surface area contributed by atoms with Crippen LogP contribution in [0.5, 0.6) is 0 Å². The number of rotatable bonds is 1. The summed E-state index contributed by atoms with van der Waals surface area (Å²) >= 11 is 1.23. The average molecular weight is 325 g/mol. The van der Waals surface area contributed by atoms with Crippen molar-refractivity contribution in [2.75, 3.05) is 5.73 Å². The second-order valence-electron chi connectivity index (χ2n) is 5.15. The zero-order valence-corrected chi connectivity index (χ0v) is 12.8. The van der Waals surface area contributed by atoms with Crippen LogP contribution >= 0.6 is 11.3 Å². The Hall–Kier alpha value is -3.00. The standard InChI is InChI=1S/C15H11N5O2S/c1-6-9-10-11(13(21)20-15(22)18-10)23-14(9)19-12(17-6)7-2-4-8(16)5-3-7/h2-5H,16H2,1H3,(H2,18,20,21,22). The SMILES string of the molecule is Cc1nc(-c2ccc(N)cc2)nc2sc3c(=O)[nH]c(=O)[nH]c3c12. The topological polar surface area (TPSA) is 118 Å². The maximum Gasteiger partial charge on any atom is 0.326 e. The molecule has 0 atom stereocenters. The molecule has 0 bridgehead atoms. The Balaban J connectivity index is 2.07. The summed E-state index contributed by atoms with van der Waals surface area (Å²) in [5.74, 6) is 0.556. The molecule has 0 saturated carbocycles. The molecule has 4 aromatic rings. The lowest BCUT2D eigenvalue weighted by atomic mass is 10.2. The molecule has 4 rings (SSSR count). The van der Waals surface area contributed by atoms with E-state index in [1.165, 1.54) is 11.3 Å². The highest BCUT2D eigenvalue weighted by Gasteiger charge is 2.15. The molecule has 8 heteroatoms. The quantitative estimate of drug-likeness (QED) is 0.461. The van der Waals surface area contributed by atoms with Gasteiger partial charge < -0.3 is 10.7 Å². The van der Waals surface area contributed by atoms with Gasteiger partial charge in [-0.1, -0.05) is 0 Å². The lowest BCUT2D eigenvalue weighted by Crippen LogP contribution is -2.20. The molecule has 7 nitrogen and oxygen atoms in total. The molecule has 0 aliphatic rings. The van der Waals surface area contributed by atoms with Crippen LogP contribution in [0, 0.1) is 6.92 Å². The predicted molar refractivity (Wildman–Crippen MR) is 90.7 cm³/mol. The Kier molecular flexibility index (Phi) is 2.82. The third kappa shape index (κ3) is 2.11. The van der Waals surface area contributed by atoms with E-state index in [9.17, 15) is 9.59 Å². The van der Waals surface area contributed by atoms with Crippen LogP contribution in [0.2, 0.25) is 0 Å². The molecule has 0 aliphatic heterocycles. The van der Waals surface area contributed by atoms with Crippen molar-refractivity contribution in [1.29, 1.82) is 0 Å². The fourth-order valence-electron chi connectivity index (χ4n) is 2.51. The van der Waals surface area contributed by atoms with E-state index in [0.717, 1.165) is 5.56 Å². The van der Waals surface area contributed by atoms with Crippen molar-refractivity contribution in [3.63, 3.8) is 0 Å². The Morgan fingerprint density at radius 1 is 1.09 bits per heavy atom. The first-order chi connectivity index (χ1) is 11.0. The molecule has 4 N–H and O–H groups in total. The first-order valence-electron chi connectivity index (χ1n) is 6.82. The van der Waals surface area contributed by atoms with Crippen molar-refractivity contribution in [2.45, 2.75) is 6.92 Å². The number of nitrogen functional groups attached to an aromatic ring is 1. The molecule has 0 radical (unpaired) electrons. The second kappa shape index (κ2) is 4.75. The van der Waals surface area contributed by atoms with E-state index in [0.29, 0.717) is 37.6 Å². The van der Waals surface area contributed by atoms with E-state index in [1.807, 2.05) is 19.1 Å². The fraction of sp³-hybridized carbons (Fsp3) is 0.0667. The maximum absolute atomic E-state index is 11.9. The van der Waals surface area contributed by atoms with E-state index >= 15 is 0 Å². The number of nitrogens with zero attached hydrogens (tertiary/aromatic N) is 2. The van der Waals surface area contributed by atoms with Gasteiger partial charge in [0.25, 0.3) is 5.56 Å². The van der Waals surface area contributed by atoms with Crippen molar-refractivity contribution >= 4 is 37.5 Å². The van der Waals surface area contributed by atoms with Gasteiger partial charge in [0.1, 0.15) is 9.53 Å². The van der Waals surface area contributed by atoms with E-state index in [2.05, 4.69) is 19.9 Å². The van der Waals surface area contributed by atoms with Gasteiger partial charge in [-0.25, -0.2) is 14.8 Å². The smallest absolute Gasteiger partial charge is 0.326 e. The highest BCUT2D eigenvalue weighted by atomic mass is 32.1. The van der Waals surface area contributed by atoms with Crippen molar-refractivity contribution in [3.05, 3.63) is 50.8 Å². The molecule has 0 amide bonds. The van der Waals surface area contributed by atoms with E-state index in [-0.39, 0.29) is 0 Å². The number of aromatic nitrogens is 4. The monoisotopic (exact) mass is 325 g/mol. The van der Waals surface area contributed by atoms with Crippen LogP contribution < -0.4 is 17.0 Å². The number of aryl methyl sites for hydroxylation is 1. The first kappa shape index (κ1) is 13.6. The van der Waals surface area contributed by atoms with Crippen LogP contribution in [0.3, 0.4) is 0 Å². The number of hydrogen-bond donors (Lipinski definition) is 3. The van der Waals surface area contributed by atoms with Gasteiger partial charge in [0.2, 0.25) is 0 Å². The van der Waals surface area contributed by atoms with Crippen molar-refractivity contribution in [1.82, 2.24) is 19.9 Å². The highest BCUT2D eigenvalue weighted by molar-refractivity contribution is 7.25. The Labute approximate surface area is 132 Å². The number of hydrogen-bond acceptors (Lipinski definition) is 6. The molecule has 0 unspecified atom stereocenters. The number of anilines is 1. The third-order valence-corrected chi connectivity index (χ3v) is 4.66. The number of nitrogens with one attached hydrogen (secondary N) is 2. The van der Waals surface area contributed by atoms with Crippen molar-refractivity contribution in [3.8, 4) is 11.4 Å². The minimum absolute atomic E-state index is 0.416. The summed E-state index contributed by atoms with van der Waals surface area (Å²) < 4.78 is 0.437. The van der Waals surface area contributed by atoms with Crippen molar-refractivity contribution < 1.29 is 0 Å². The van der Waals surface area contributed by atoms with Gasteiger partial charge >= 0.3 is 5.69 Å². The number of thiophene rings is 1. The van der Waals surface area contributed by atoms with Gasteiger partial charge in [0, 0.05) is 11.3 Å². The van der Waals surface area contributed by atoms with Crippen LogP contribution in [0.25, 0.3) is 31.8 Å². The van der Waals surface area contributed by atoms with Gasteiger partial charge in [-0.05, 0) is 31.2 Å². The maximum atomic E-state index is 11.9. The number of nitrogens with two attached hydrogens (primary N) is 1. The summed E-state index contributed by atoms with van der Waals surface area (Å²) in [5, 5.41) is 0.701. The summed E-state index contributed by atoms with van der Waals surface area (Å²) in [6.07, 6.45) is 0. The van der Waals surface area contributed by atoms with E-state index in [4.69, 9.17) is 5.73 Å². The van der Waals surface area contributed by atoms with Crippen LogP contribution in [0.4, 0.5) is 5.69 Å². The molecule has 3 heterocycles. The second-order valence-corrected chi connectivity index (χ2v) is 6.15. The Morgan fingerprint density at radius 2 is 1.83 bits per heavy atom. The van der Waals surface area contributed by atoms with Crippen LogP contribution in [0.1, 0.15) is 5.69 Å². The number of H-pyrrole nitrogens is 2. The van der Waals surface area contributed by atoms with Gasteiger partial charge in [-0.2, -0.15) is 0 Å².